The van der Waals surface area contributed by atoms with Crippen LogP contribution < -0.4 is 15.5 Å². The summed E-state index contributed by atoms with van der Waals surface area (Å²) in [5, 5.41) is 43.7. The van der Waals surface area contributed by atoms with Gasteiger partial charge in [0.1, 0.15) is 28.6 Å². The van der Waals surface area contributed by atoms with Crippen molar-refractivity contribution >= 4 is 56.4 Å². The van der Waals surface area contributed by atoms with E-state index in [1.165, 1.54) is 6.92 Å². The van der Waals surface area contributed by atoms with E-state index in [2.05, 4.69) is 49.8 Å². The van der Waals surface area contributed by atoms with E-state index in [4.69, 9.17) is 25.5 Å². The Labute approximate surface area is 351 Å². The molecule has 59 heavy (non-hydrogen) atoms. The second-order valence-electron chi connectivity index (χ2n) is 13.2. The molecule has 320 valence electrons. The number of carbonyl (C=O) groups is 3. The Morgan fingerprint density at radius 1 is 0.932 bits per heavy atom. The summed E-state index contributed by atoms with van der Waals surface area (Å²) < 4.78 is 22.4. The molecule has 1 unspecified atom stereocenters. The second-order valence-corrected chi connectivity index (χ2v) is 14.2. The predicted octanol–water partition coefficient (Wildman–Crippen LogP) is 7.44. The summed E-state index contributed by atoms with van der Waals surface area (Å²) in [6.45, 7) is 20.3. The predicted molar refractivity (Wildman–Crippen MR) is 225 cm³/mol. The van der Waals surface area contributed by atoms with Crippen LogP contribution >= 0.6 is 11.3 Å². The lowest BCUT2D eigenvalue weighted by Gasteiger charge is -2.25. The van der Waals surface area contributed by atoms with Crippen molar-refractivity contribution in [1.29, 1.82) is 10.5 Å². The lowest BCUT2D eigenvalue weighted by molar-refractivity contribution is -0.143. The van der Waals surface area contributed by atoms with Gasteiger partial charge in [0.25, 0.3) is 0 Å². The minimum atomic E-state index is -0.969. The van der Waals surface area contributed by atoms with Crippen molar-refractivity contribution in [2.24, 2.45) is 16.1 Å². The number of hydrogen-bond acceptors (Lipinski definition) is 14. The van der Waals surface area contributed by atoms with Gasteiger partial charge in [-0.1, -0.05) is 31.9 Å². The maximum Gasteiger partial charge on any atom is 0.307 e. The van der Waals surface area contributed by atoms with Gasteiger partial charge in [-0.05, 0) is 52.0 Å². The molecule has 0 aromatic carbocycles. The van der Waals surface area contributed by atoms with E-state index in [0.717, 1.165) is 37.0 Å². The molecule has 17 nitrogen and oxygen atoms in total. The summed E-state index contributed by atoms with van der Waals surface area (Å²) >= 11 is 1.03. The number of aromatic nitrogens is 1. The van der Waals surface area contributed by atoms with Gasteiger partial charge >= 0.3 is 5.97 Å². The van der Waals surface area contributed by atoms with Crippen LogP contribution in [0.3, 0.4) is 0 Å². The first kappa shape index (κ1) is 49.9. The average Bonchev–Trinajstić information content (AvgIpc) is 3.52. The topological polar surface area (TPSA) is 225 Å². The molecule has 2 heterocycles. The highest BCUT2D eigenvalue weighted by molar-refractivity contribution is 7.20. The highest BCUT2D eigenvalue weighted by atomic mass is 32.1. The molecule has 2 rings (SSSR count). The summed E-state index contributed by atoms with van der Waals surface area (Å²) in [4.78, 5) is 45.7. The molecule has 0 aliphatic rings. The van der Waals surface area contributed by atoms with Crippen LogP contribution in [-0.4, -0.2) is 100 Å². The number of unbranched alkanes of at least 4 members (excludes halogenated alkanes) is 3. The summed E-state index contributed by atoms with van der Waals surface area (Å²) in [5.41, 5.74) is 1.61. The number of carboxylic acid groups (broad SMARTS) is 1. The van der Waals surface area contributed by atoms with Crippen molar-refractivity contribution in [2.45, 2.75) is 79.6 Å². The zero-order valence-corrected chi connectivity index (χ0v) is 35.6. The van der Waals surface area contributed by atoms with Gasteiger partial charge in [-0.25, -0.2) is 9.83 Å². The number of allylic oxidation sites excluding steroid dienone is 2. The highest BCUT2D eigenvalue weighted by Gasteiger charge is 2.23. The Morgan fingerprint density at radius 3 is 2.15 bits per heavy atom. The number of nitrogens with zero attached hydrogens (tertiary/aromatic N) is 7. The maximum atomic E-state index is 12.2. The SMILES string of the molecule is [C-]#[N+]c1sc(N=Nc2c(NC(C)=O)nc(N(CC)CCOCCOCCOCCOCCCNC(=O)CC(C/C=C/CCCCC)C(=O)O)c(C#N)c2C)c(C#N)c1C. The minimum Gasteiger partial charge on any atom is -0.481 e. The molecular weight excluding hydrogens is 779 g/mol. The molecule has 18 heteroatoms. The van der Waals surface area contributed by atoms with Crippen molar-refractivity contribution in [2.75, 3.05) is 82.7 Å². The molecule has 0 saturated heterocycles. The van der Waals surface area contributed by atoms with Crippen LogP contribution in [0.1, 0.15) is 88.0 Å². The molecule has 0 spiro atoms. The van der Waals surface area contributed by atoms with Gasteiger partial charge in [0.2, 0.25) is 16.8 Å². The van der Waals surface area contributed by atoms with Gasteiger partial charge in [-0.15, -0.1) is 21.6 Å². The van der Waals surface area contributed by atoms with E-state index in [0.29, 0.717) is 107 Å². The number of amides is 2. The van der Waals surface area contributed by atoms with Crippen molar-refractivity contribution in [3.63, 3.8) is 0 Å². The van der Waals surface area contributed by atoms with E-state index in [9.17, 15) is 30.0 Å². The van der Waals surface area contributed by atoms with Crippen LogP contribution in [0.4, 0.5) is 27.3 Å². The third kappa shape index (κ3) is 18.0. The fraction of sp³-hybridized carbons (Fsp3) is 0.585. The molecule has 1 atom stereocenters. The molecule has 2 amide bonds. The number of anilines is 2. The van der Waals surface area contributed by atoms with Crippen molar-refractivity contribution in [3.05, 3.63) is 45.8 Å². The Hall–Kier alpha value is -5.29. The lowest BCUT2D eigenvalue weighted by atomic mass is 10.0. The molecule has 0 aliphatic heterocycles. The molecule has 0 radical (unpaired) electrons. The third-order valence-corrected chi connectivity index (χ3v) is 9.86. The smallest absolute Gasteiger partial charge is 0.307 e. The first-order chi connectivity index (χ1) is 28.5. The van der Waals surface area contributed by atoms with Crippen LogP contribution in [0.25, 0.3) is 4.85 Å². The van der Waals surface area contributed by atoms with E-state index in [1.807, 2.05) is 24.0 Å². The van der Waals surface area contributed by atoms with Crippen molar-refractivity contribution < 1.29 is 38.4 Å². The van der Waals surface area contributed by atoms with Gasteiger partial charge in [-0.2, -0.15) is 10.5 Å². The largest absolute Gasteiger partial charge is 0.481 e. The molecule has 0 saturated carbocycles. The van der Waals surface area contributed by atoms with Crippen molar-refractivity contribution in [1.82, 2.24) is 10.3 Å². The Balaban J connectivity index is 1.68. The quantitative estimate of drug-likeness (QED) is 0.0302. The zero-order valence-electron chi connectivity index (χ0n) is 34.8. The number of carbonyl (C=O) groups excluding carboxylic acids is 2. The number of ether oxygens (including phenoxy) is 4. The molecule has 2 aromatic heterocycles. The standard InChI is InChI=1S/C41H57N9O8S/c1-7-9-10-11-12-13-15-32(41(53)54)26-35(52)45-16-14-18-55-20-22-57-24-25-58-23-21-56-19-17-50(8-2)38-33(27-42)29(3)36(37(47-38)46-31(5)51)48-49-40-34(28-43)30(4)39(44-6)59-40/h12-13,32H,7-11,14-26H2,1-5H3,(H,45,52)(H,53,54)(H,46,47,51)/b13-12+,49-48?. The van der Waals surface area contributed by atoms with Crippen LogP contribution in [0.15, 0.2) is 22.4 Å². The van der Waals surface area contributed by atoms with E-state index in [-0.39, 0.29) is 40.0 Å². The van der Waals surface area contributed by atoms with Gasteiger partial charge in [0.05, 0.1) is 69.9 Å². The first-order valence-corrected chi connectivity index (χ1v) is 20.6. The fourth-order valence-corrected chi connectivity index (χ4v) is 6.38. The molecule has 3 N–H and O–H groups in total. The molecule has 0 bridgehead atoms. The average molecular weight is 836 g/mol. The Bertz CT molecular complexity index is 1850. The highest BCUT2D eigenvalue weighted by Crippen LogP contribution is 2.42. The van der Waals surface area contributed by atoms with Gasteiger partial charge in [0, 0.05) is 45.1 Å². The normalized spacial score (nSPS) is 11.6. The van der Waals surface area contributed by atoms with Crippen LogP contribution in [0, 0.1) is 49.0 Å². The number of nitriles is 2. The maximum absolute atomic E-state index is 12.2. The third-order valence-electron chi connectivity index (χ3n) is 8.79. The van der Waals surface area contributed by atoms with E-state index >= 15 is 0 Å². The van der Waals surface area contributed by atoms with E-state index in [1.54, 1.807) is 13.8 Å². The fourth-order valence-electron chi connectivity index (χ4n) is 5.52. The van der Waals surface area contributed by atoms with Gasteiger partial charge < -0.3 is 39.6 Å². The lowest BCUT2D eigenvalue weighted by Crippen LogP contribution is -2.30. The number of likely N-dealkylation sites (N-methyl/N-ethyl adjacent to an activating group) is 1. The molecular formula is C41H57N9O8S. The monoisotopic (exact) mass is 835 g/mol. The first-order valence-electron chi connectivity index (χ1n) is 19.8. The number of pyridine rings is 1. The number of rotatable bonds is 30. The van der Waals surface area contributed by atoms with Crippen LogP contribution in [0.2, 0.25) is 0 Å². The Morgan fingerprint density at radius 2 is 1.58 bits per heavy atom. The number of azo groups is 1. The number of nitrogens with one attached hydrogen (secondary N) is 2. The summed E-state index contributed by atoms with van der Waals surface area (Å²) in [6, 6.07) is 4.26. The van der Waals surface area contributed by atoms with Gasteiger partial charge in [0.15, 0.2) is 5.82 Å². The zero-order chi connectivity index (χ0) is 43.4. The van der Waals surface area contributed by atoms with E-state index < -0.39 is 17.8 Å². The molecule has 0 fully saturated rings. The second kappa shape index (κ2) is 29.0. The number of carboxylic acids is 1. The molecule has 0 aliphatic carbocycles. The van der Waals surface area contributed by atoms with Crippen LogP contribution in [0.5, 0.6) is 0 Å². The molecule has 2 aromatic rings. The number of aliphatic carboxylic acids is 1. The number of hydrogen-bond donors (Lipinski definition) is 3. The number of thiophene rings is 1. The summed E-state index contributed by atoms with van der Waals surface area (Å²) in [5.74, 6) is -1.93. The minimum absolute atomic E-state index is 0.0527. The van der Waals surface area contributed by atoms with Crippen molar-refractivity contribution in [3.8, 4) is 12.1 Å². The van der Waals surface area contributed by atoms with Crippen LogP contribution in [-0.2, 0) is 33.3 Å². The van der Waals surface area contributed by atoms with Gasteiger partial charge in [-0.3, -0.25) is 14.4 Å². The summed E-state index contributed by atoms with van der Waals surface area (Å²) in [6.07, 6.45) is 9.03. The summed E-state index contributed by atoms with van der Waals surface area (Å²) in [7, 11) is 0. The Kier molecular flexibility index (Phi) is 24.5.